The van der Waals surface area contributed by atoms with Gasteiger partial charge in [0.1, 0.15) is 12.6 Å². The maximum Gasteiger partial charge on any atom is 0.407 e. The topological polar surface area (TPSA) is 105 Å². The number of amides is 2. The first-order chi connectivity index (χ1) is 16.9. The zero-order valence-electron chi connectivity index (χ0n) is 19.7. The van der Waals surface area contributed by atoms with E-state index in [1.807, 2.05) is 31.2 Å². The van der Waals surface area contributed by atoms with Crippen molar-refractivity contribution in [1.82, 2.24) is 10.2 Å². The summed E-state index contributed by atoms with van der Waals surface area (Å²) in [6, 6.07) is 14.8. The Balaban J connectivity index is 1.23. The molecule has 2 N–H and O–H groups in total. The summed E-state index contributed by atoms with van der Waals surface area (Å²) in [6.45, 7) is 2.91. The lowest BCUT2D eigenvalue weighted by Gasteiger charge is -2.38. The molecule has 35 heavy (non-hydrogen) atoms. The maximum atomic E-state index is 13.3. The van der Waals surface area contributed by atoms with E-state index < -0.39 is 30.1 Å². The lowest BCUT2D eigenvalue weighted by Crippen LogP contribution is -2.55. The molecular formula is C27H30N2O6. The van der Waals surface area contributed by atoms with Crippen LogP contribution in [0.15, 0.2) is 48.5 Å². The number of likely N-dealkylation sites (tertiary alicyclic amines) is 1. The van der Waals surface area contributed by atoms with Crippen LogP contribution in [0.2, 0.25) is 0 Å². The highest BCUT2D eigenvalue weighted by molar-refractivity contribution is 5.86. The first-order valence-corrected chi connectivity index (χ1v) is 12.2. The molecule has 8 nitrogen and oxygen atoms in total. The van der Waals surface area contributed by atoms with Crippen LogP contribution < -0.4 is 5.32 Å². The smallest absolute Gasteiger partial charge is 0.407 e. The normalized spacial score (nSPS) is 25.6. The maximum absolute atomic E-state index is 13.3. The Kier molecular flexibility index (Phi) is 6.47. The van der Waals surface area contributed by atoms with E-state index >= 15 is 0 Å². The third-order valence-corrected chi connectivity index (χ3v) is 7.43. The standard InChI is InChI=1S/C27H30N2O6/c1-16-10-11-24(26(31)32)29(12-16)25(30)22-13-34-15-23(22)28-27(33)35-14-21-19-8-4-2-6-17(19)18-7-3-5-9-20(18)21/h2-9,16,21-24H,10-15H2,1H3,(H,28,33)(H,31,32). The first-order valence-electron chi connectivity index (χ1n) is 12.2. The molecule has 0 aromatic heterocycles. The van der Waals surface area contributed by atoms with Gasteiger partial charge >= 0.3 is 12.1 Å². The Morgan fingerprint density at radius 1 is 1.03 bits per heavy atom. The summed E-state index contributed by atoms with van der Waals surface area (Å²) in [5.74, 6) is -1.75. The SMILES string of the molecule is CC1CCC(C(=O)O)N(C(=O)C2COCC2NC(=O)OCC2c3ccccc3-c3ccccc32)C1. The quantitative estimate of drug-likeness (QED) is 0.684. The number of rotatable bonds is 5. The lowest BCUT2D eigenvalue weighted by atomic mass is 9.91. The molecule has 2 saturated heterocycles. The molecule has 4 atom stereocenters. The molecule has 2 fully saturated rings. The molecule has 5 rings (SSSR count). The summed E-state index contributed by atoms with van der Waals surface area (Å²) >= 11 is 0. The van der Waals surface area contributed by atoms with Crippen molar-refractivity contribution in [3.63, 3.8) is 0 Å². The molecule has 8 heteroatoms. The fourth-order valence-electron chi connectivity index (χ4n) is 5.60. The molecule has 2 aliphatic heterocycles. The molecule has 0 bridgehead atoms. The molecule has 2 aromatic rings. The van der Waals surface area contributed by atoms with Crippen LogP contribution in [0, 0.1) is 11.8 Å². The van der Waals surface area contributed by atoms with E-state index in [9.17, 15) is 19.5 Å². The third-order valence-electron chi connectivity index (χ3n) is 7.43. The number of ether oxygens (including phenoxy) is 2. The van der Waals surface area contributed by atoms with Crippen LogP contribution in [0.3, 0.4) is 0 Å². The Bertz CT molecular complexity index is 1090. The number of hydrogen-bond donors (Lipinski definition) is 2. The molecule has 1 aliphatic carbocycles. The zero-order valence-corrected chi connectivity index (χ0v) is 19.7. The second-order valence-electron chi connectivity index (χ2n) is 9.75. The Hall–Kier alpha value is -3.39. The van der Waals surface area contributed by atoms with Gasteiger partial charge in [0.15, 0.2) is 0 Å². The van der Waals surface area contributed by atoms with E-state index in [0.29, 0.717) is 13.0 Å². The summed E-state index contributed by atoms with van der Waals surface area (Å²) in [4.78, 5) is 39.2. The monoisotopic (exact) mass is 478 g/mol. The van der Waals surface area contributed by atoms with Gasteiger partial charge in [-0.2, -0.15) is 0 Å². The lowest BCUT2D eigenvalue weighted by molar-refractivity contribution is -0.155. The Morgan fingerprint density at radius 3 is 2.34 bits per heavy atom. The van der Waals surface area contributed by atoms with E-state index in [1.54, 1.807) is 0 Å². The van der Waals surface area contributed by atoms with Gasteiger partial charge in [-0.25, -0.2) is 9.59 Å². The number of alkyl carbamates (subject to hydrolysis) is 1. The summed E-state index contributed by atoms with van der Waals surface area (Å²) in [5.41, 5.74) is 4.54. The van der Waals surface area contributed by atoms with Gasteiger partial charge in [-0.3, -0.25) is 4.79 Å². The van der Waals surface area contributed by atoms with Crippen LogP contribution in [0.1, 0.15) is 36.8 Å². The van der Waals surface area contributed by atoms with Crippen LogP contribution in [-0.2, 0) is 19.1 Å². The second kappa shape index (κ2) is 9.70. The van der Waals surface area contributed by atoms with Gasteiger partial charge in [0.05, 0.1) is 25.2 Å². The summed E-state index contributed by atoms with van der Waals surface area (Å²) in [6.07, 6.45) is 0.589. The highest BCUT2D eigenvalue weighted by Crippen LogP contribution is 2.44. The van der Waals surface area contributed by atoms with Crippen LogP contribution in [0.25, 0.3) is 11.1 Å². The first kappa shape index (κ1) is 23.4. The molecule has 0 saturated carbocycles. The van der Waals surface area contributed by atoms with Crippen molar-refractivity contribution in [2.24, 2.45) is 11.8 Å². The predicted octanol–water partition coefficient (Wildman–Crippen LogP) is 3.25. The Labute approximate surface area is 204 Å². The number of carbonyl (C=O) groups excluding carboxylic acids is 2. The van der Waals surface area contributed by atoms with E-state index in [-0.39, 0.29) is 37.6 Å². The minimum atomic E-state index is -0.995. The van der Waals surface area contributed by atoms with Crippen LogP contribution in [-0.4, -0.2) is 66.4 Å². The van der Waals surface area contributed by atoms with Crippen molar-refractivity contribution in [2.75, 3.05) is 26.4 Å². The molecule has 184 valence electrons. The van der Waals surface area contributed by atoms with Gasteiger partial charge in [0, 0.05) is 12.5 Å². The molecule has 2 amide bonds. The van der Waals surface area contributed by atoms with Crippen molar-refractivity contribution in [3.05, 3.63) is 59.7 Å². The highest BCUT2D eigenvalue weighted by Gasteiger charge is 2.43. The second-order valence-corrected chi connectivity index (χ2v) is 9.75. The minimum Gasteiger partial charge on any atom is -0.480 e. The molecule has 2 aromatic carbocycles. The number of nitrogens with zero attached hydrogens (tertiary/aromatic N) is 1. The van der Waals surface area contributed by atoms with Crippen molar-refractivity contribution < 1.29 is 29.0 Å². The minimum absolute atomic E-state index is 0.0587. The van der Waals surface area contributed by atoms with Crippen molar-refractivity contribution in [3.8, 4) is 11.1 Å². The van der Waals surface area contributed by atoms with Gasteiger partial charge in [-0.05, 0) is 41.0 Å². The fourth-order valence-corrected chi connectivity index (χ4v) is 5.60. The van der Waals surface area contributed by atoms with Crippen molar-refractivity contribution in [1.29, 1.82) is 0 Å². The summed E-state index contributed by atoms with van der Waals surface area (Å²) in [7, 11) is 0. The average Bonchev–Trinajstić information content (AvgIpc) is 3.44. The number of hydrogen-bond acceptors (Lipinski definition) is 5. The zero-order chi connectivity index (χ0) is 24.5. The number of fused-ring (bicyclic) bond motifs is 3. The van der Waals surface area contributed by atoms with E-state index in [0.717, 1.165) is 28.7 Å². The fraction of sp³-hybridized carbons (Fsp3) is 0.444. The van der Waals surface area contributed by atoms with E-state index in [4.69, 9.17) is 9.47 Å². The third kappa shape index (κ3) is 4.50. The number of carboxylic acid groups (broad SMARTS) is 1. The number of aliphatic carboxylic acids is 1. The molecular weight excluding hydrogens is 448 g/mol. The van der Waals surface area contributed by atoms with Crippen molar-refractivity contribution >= 4 is 18.0 Å². The largest absolute Gasteiger partial charge is 0.480 e. The van der Waals surface area contributed by atoms with Gasteiger partial charge in [-0.1, -0.05) is 55.5 Å². The number of carboxylic acids is 1. The number of nitrogens with one attached hydrogen (secondary N) is 1. The van der Waals surface area contributed by atoms with Gasteiger partial charge in [0.2, 0.25) is 5.91 Å². The number of benzene rings is 2. The highest BCUT2D eigenvalue weighted by atomic mass is 16.5. The number of piperidine rings is 1. The van der Waals surface area contributed by atoms with Crippen LogP contribution in [0.4, 0.5) is 4.79 Å². The number of carbonyl (C=O) groups is 3. The van der Waals surface area contributed by atoms with Gasteiger partial charge < -0.3 is 24.8 Å². The van der Waals surface area contributed by atoms with Crippen LogP contribution >= 0.6 is 0 Å². The molecule has 0 spiro atoms. The predicted molar refractivity (Wildman–Crippen MR) is 128 cm³/mol. The average molecular weight is 479 g/mol. The van der Waals surface area contributed by atoms with Crippen molar-refractivity contribution in [2.45, 2.75) is 37.8 Å². The van der Waals surface area contributed by atoms with Crippen LogP contribution in [0.5, 0.6) is 0 Å². The summed E-state index contributed by atoms with van der Waals surface area (Å²) < 4.78 is 11.1. The van der Waals surface area contributed by atoms with E-state index in [1.165, 1.54) is 4.90 Å². The molecule has 2 heterocycles. The van der Waals surface area contributed by atoms with Gasteiger partial charge in [0.25, 0.3) is 0 Å². The Morgan fingerprint density at radius 2 is 1.69 bits per heavy atom. The van der Waals surface area contributed by atoms with Gasteiger partial charge in [-0.15, -0.1) is 0 Å². The molecule has 4 unspecified atom stereocenters. The van der Waals surface area contributed by atoms with E-state index in [2.05, 4.69) is 29.6 Å². The summed E-state index contributed by atoms with van der Waals surface area (Å²) in [5, 5.41) is 12.4. The molecule has 0 radical (unpaired) electrons. The molecule has 3 aliphatic rings.